The Morgan fingerprint density at radius 2 is 2.04 bits per heavy atom. The number of fused-ring (bicyclic) bond motifs is 3. The predicted molar refractivity (Wildman–Crippen MR) is 93.8 cm³/mol. The van der Waals surface area contributed by atoms with Gasteiger partial charge in [-0.05, 0) is 49.7 Å². The molecule has 4 rings (SSSR count). The van der Waals surface area contributed by atoms with E-state index in [9.17, 15) is 4.79 Å². The van der Waals surface area contributed by atoms with E-state index in [1.807, 2.05) is 17.0 Å². The molecule has 2 aromatic rings. The lowest BCUT2D eigenvalue weighted by Gasteiger charge is -2.28. The van der Waals surface area contributed by atoms with Gasteiger partial charge in [-0.25, -0.2) is 0 Å². The molecule has 1 aliphatic heterocycles. The second-order valence-electron chi connectivity index (χ2n) is 7.20. The second-order valence-corrected chi connectivity index (χ2v) is 7.20. The van der Waals surface area contributed by atoms with Crippen LogP contribution in [0, 0.1) is 5.92 Å². The highest BCUT2D eigenvalue weighted by Crippen LogP contribution is 2.33. The molecule has 1 atom stereocenters. The first-order valence-electron chi connectivity index (χ1n) is 8.72. The van der Waals surface area contributed by atoms with Crippen molar-refractivity contribution in [3.63, 3.8) is 0 Å². The number of hydrogen-bond donors (Lipinski definition) is 1. The maximum Gasteiger partial charge on any atom is 0.256 e. The van der Waals surface area contributed by atoms with Crippen LogP contribution in [0.4, 0.5) is 0 Å². The molecule has 0 radical (unpaired) electrons. The number of piperidine rings is 1. The molecule has 0 spiro atoms. The molecule has 120 valence electrons. The molecule has 1 N–H and O–H groups in total. The van der Waals surface area contributed by atoms with Gasteiger partial charge >= 0.3 is 0 Å². The molecule has 0 saturated carbocycles. The lowest BCUT2D eigenvalue weighted by Crippen LogP contribution is -2.36. The van der Waals surface area contributed by atoms with Gasteiger partial charge in [0.25, 0.3) is 5.91 Å². The van der Waals surface area contributed by atoms with E-state index < -0.39 is 0 Å². The summed E-state index contributed by atoms with van der Waals surface area (Å²) in [5, 5.41) is 1.25. The number of aromatic amines is 1. The smallest absolute Gasteiger partial charge is 0.256 e. The third-order valence-corrected chi connectivity index (χ3v) is 5.46. The van der Waals surface area contributed by atoms with Crippen LogP contribution in [0.1, 0.15) is 47.8 Å². The van der Waals surface area contributed by atoms with Crippen molar-refractivity contribution in [1.29, 1.82) is 0 Å². The molecule has 1 aromatic carbocycles. The standard InChI is InChI=1S/C20H24N2O/c1-13-8-10-22(11-9-13)20(23)16-5-3-4-15-17-12-14(2)6-7-18(17)21-19(15)16/h3-5,14,21H,1,6-12H2,2H3. The van der Waals surface area contributed by atoms with Crippen LogP contribution in [0.5, 0.6) is 0 Å². The van der Waals surface area contributed by atoms with Crippen molar-refractivity contribution in [2.24, 2.45) is 5.92 Å². The summed E-state index contributed by atoms with van der Waals surface area (Å²) in [5.41, 5.74) is 5.90. The number of aromatic nitrogens is 1. The Morgan fingerprint density at radius 1 is 1.26 bits per heavy atom. The van der Waals surface area contributed by atoms with E-state index in [0.29, 0.717) is 0 Å². The quantitative estimate of drug-likeness (QED) is 0.792. The number of para-hydroxylation sites is 1. The Hall–Kier alpha value is -2.03. The monoisotopic (exact) mass is 308 g/mol. The van der Waals surface area contributed by atoms with Crippen molar-refractivity contribution in [3.8, 4) is 0 Å². The van der Waals surface area contributed by atoms with Crippen molar-refractivity contribution in [2.75, 3.05) is 13.1 Å². The minimum absolute atomic E-state index is 0.162. The van der Waals surface area contributed by atoms with Crippen LogP contribution >= 0.6 is 0 Å². The third-order valence-electron chi connectivity index (χ3n) is 5.46. The summed E-state index contributed by atoms with van der Waals surface area (Å²) >= 11 is 0. The SMILES string of the molecule is C=C1CCN(C(=O)c2cccc3c4c([nH]c23)CCC(C)C4)CC1. The number of rotatable bonds is 1. The van der Waals surface area contributed by atoms with Crippen molar-refractivity contribution >= 4 is 16.8 Å². The molecular weight excluding hydrogens is 284 g/mol. The van der Waals surface area contributed by atoms with Crippen LogP contribution in [0.15, 0.2) is 30.4 Å². The van der Waals surface area contributed by atoms with E-state index in [-0.39, 0.29) is 5.91 Å². The number of aryl methyl sites for hydroxylation is 1. The van der Waals surface area contributed by atoms with Gasteiger partial charge in [0.1, 0.15) is 0 Å². The van der Waals surface area contributed by atoms with Crippen molar-refractivity contribution in [2.45, 2.75) is 39.0 Å². The van der Waals surface area contributed by atoms with Gasteiger partial charge in [0.05, 0.1) is 11.1 Å². The fourth-order valence-electron chi connectivity index (χ4n) is 3.99. The van der Waals surface area contributed by atoms with Crippen LogP contribution in [-0.2, 0) is 12.8 Å². The van der Waals surface area contributed by atoms with Gasteiger partial charge in [-0.1, -0.05) is 31.2 Å². The summed E-state index contributed by atoms with van der Waals surface area (Å²) in [7, 11) is 0. The molecule has 0 bridgehead atoms. The normalized spacial score (nSPS) is 21.5. The first kappa shape index (κ1) is 14.6. The predicted octanol–water partition coefficient (Wildman–Crippen LogP) is 4.08. The Labute approximate surface area is 137 Å². The molecule has 1 saturated heterocycles. The molecule has 23 heavy (non-hydrogen) atoms. The maximum atomic E-state index is 13.0. The average molecular weight is 308 g/mol. The molecule has 1 aromatic heterocycles. The molecule has 1 aliphatic carbocycles. The molecular formula is C20H24N2O. The van der Waals surface area contributed by atoms with E-state index in [2.05, 4.69) is 24.6 Å². The molecule has 2 aliphatic rings. The first-order chi connectivity index (χ1) is 11.1. The highest BCUT2D eigenvalue weighted by Gasteiger charge is 2.25. The fourth-order valence-corrected chi connectivity index (χ4v) is 3.99. The van der Waals surface area contributed by atoms with Gasteiger partial charge in [0, 0.05) is 24.2 Å². The van der Waals surface area contributed by atoms with E-state index >= 15 is 0 Å². The minimum Gasteiger partial charge on any atom is -0.358 e. The number of likely N-dealkylation sites (tertiary alicyclic amines) is 1. The molecule has 2 heterocycles. The zero-order valence-electron chi connectivity index (χ0n) is 13.8. The maximum absolute atomic E-state index is 13.0. The van der Waals surface area contributed by atoms with Gasteiger partial charge in [-0.15, -0.1) is 0 Å². The van der Waals surface area contributed by atoms with E-state index in [0.717, 1.165) is 55.8 Å². The minimum atomic E-state index is 0.162. The lowest BCUT2D eigenvalue weighted by molar-refractivity contribution is 0.0745. The van der Waals surface area contributed by atoms with Crippen LogP contribution in [0.3, 0.4) is 0 Å². The number of amides is 1. The Kier molecular flexibility index (Phi) is 3.51. The van der Waals surface area contributed by atoms with Gasteiger partial charge in [0.2, 0.25) is 0 Å². The summed E-state index contributed by atoms with van der Waals surface area (Å²) in [5.74, 6) is 0.892. The van der Waals surface area contributed by atoms with E-state index in [1.54, 1.807) is 0 Å². The third kappa shape index (κ3) is 2.48. The number of hydrogen-bond acceptors (Lipinski definition) is 1. The van der Waals surface area contributed by atoms with Gasteiger partial charge in [0.15, 0.2) is 0 Å². The average Bonchev–Trinajstić information content (AvgIpc) is 2.93. The van der Waals surface area contributed by atoms with Crippen LogP contribution in [-0.4, -0.2) is 28.9 Å². The number of H-pyrrole nitrogens is 1. The first-order valence-corrected chi connectivity index (χ1v) is 8.72. The topological polar surface area (TPSA) is 36.1 Å². The number of carbonyl (C=O) groups is 1. The Bertz CT molecular complexity index is 776. The largest absolute Gasteiger partial charge is 0.358 e. The van der Waals surface area contributed by atoms with Gasteiger partial charge in [-0.2, -0.15) is 0 Å². The Balaban J connectivity index is 1.73. The molecule has 1 fully saturated rings. The number of nitrogens with one attached hydrogen (secondary N) is 1. The highest BCUT2D eigenvalue weighted by molar-refractivity contribution is 6.06. The van der Waals surface area contributed by atoms with Crippen molar-refractivity contribution in [1.82, 2.24) is 9.88 Å². The second kappa shape index (κ2) is 5.55. The zero-order valence-corrected chi connectivity index (χ0v) is 13.8. The van der Waals surface area contributed by atoms with Crippen LogP contribution in [0.25, 0.3) is 10.9 Å². The number of nitrogens with zero attached hydrogens (tertiary/aromatic N) is 1. The summed E-state index contributed by atoms with van der Waals surface area (Å²) in [4.78, 5) is 18.5. The van der Waals surface area contributed by atoms with Crippen LogP contribution < -0.4 is 0 Å². The van der Waals surface area contributed by atoms with Crippen molar-refractivity contribution < 1.29 is 4.79 Å². The van der Waals surface area contributed by atoms with Crippen molar-refractivity contribution in [3.05, 3.63) is 47.2 Å². The molecule has 1 amide bonds. The lowest BCUT2D eigenvalue weighted by atomic mass is 9.87. The summed E-state index contributed by atoms with van der Waals surface area (Å²) < 4.78 is 0. The summed E-state index contributed by atoms with van der Waals surface area (Å²) in [6.45, 7) is 7.95. The highest BCUT2D eigenvalue weighted by atomic mass is 16.2. The van der Waals surface area contributed by atoms with Crippen LogP contribution in [0.2, 0.25) is 0 Å². The summed E-state index contributed by atoms with van der Waals surface area (Å²) in [6.07, 6.45) is 5.32. The van der Waals surface area contributed by atoms with Gasteiger partial charge < -0.3 is 9.88 Å². The molecule has 1 unspecified atom stereocenters. The van der Waals surface area contributed by atoms with E-state index in [1.165, 1.54) is 28.6 Å². The van der Waals surface area contributed by atoms with E-state index in [4.69, 9.17) is 0 Å². The summed E-state index contributed by atoms with van der Waals surface area (Å²) in [6, 6.07) is 6.17. The fraction of sp³-hybridized carbons (Fsp3) is 0.450. The molecule has 3 heteroatoms. The number of carbonyl (C=O) groups excluding carboxylic acids is 1. The molecule has 3 nitrogen and oxygen atoms in total. The number of benzene rings is 1. The van der Waals surface area contributed by atoms with Gasteiger partial charge in [-0.3, -0.25) is 4.79 Å². The Morgan fingerprint density at radius 3 is 2.83 bits per heavy atom. The zero-order chi connectivity index (χ0) is 16.0.